The Hall–Kier alpha value is -0.560. The highest BCUT2D eigenvalue weighted by Gasteiger charge is 2.36. The smallest absolute Gasteiger partial charge is 0.327 e. The molecule has 7 heteroatoms. The van der Waals surface area contributed by atoms with E-state index in [-0.39, 0.29) is 6.03 Å². The van der Waals surface area contributed by atoms with E-state index >= 15 is 0 Å². The van der Waals surface area contributed by atoms with Crippen LogP contribution in [0.4, 0.5) is 4.79 Å². The van der Waals surface area contributed by atoms with E-state index in [4.69, 9.17) is 5.11 Å². The SMILES string of the molecule is O=C(O)[C@@H]1CSCN1C(=O)N1CCSCC1. The minimum atomic E-state index is -0.898. The van der Waals surface area contributed by atoms with E-state index in [2.05, 4.69) is 0 Å². The fourth-order valence-electron chi connectivity index (χ4n) is 1.77. The molecule has 90 valence electrons. The van der Waals surface area contributed by atoms with Gasteiger partial charge >= 0.3 is 12.0 Å². The zero-order valence-corrected chi connectivity index (χ0v) is 10.4. The van der Waals surface area contributed by atoms with Gasteiger partial charge in [-0.3, -0.25) is 0 Å². The van der Waals surface area contributed by atoms with Gasteiger partial charge in [0, 0.05) is 30.3 Å². The van der Waals surface area contributed by atoms with Crippen LogP contribution in [-0.4, -0.2) is 69.2 Å². The van der Waals surface area contributed by atoms with Gasteiger partial charge in [0.1, 0.15) is 6.04 Å². The van der Waals surface area contributed by atoms with Gasteiger partial charge in [0.2, 0.25) is 0 Å². The van der Waals surface area contributed by atoms with Crippen molar-refractivity contribution in [1.82, 2.24) is 9.80 Å². The van der Waals surface area contributed by atoms with Crippen molar-refractivity contribution in [2.45, 2.75) is 6.04 Å². The minimum Gasteiger partial charge on any atom is -0.480 e. The molecule has 2 heterocycles. The summed E-state index contributed by atoms with van der Waals surface area (Å²) in [6.45, 7) is 1.47. The second-order valence-corrected chi connectivity index (χ2v) is 5.93. The molecule has 1 atom stereocenters. The van der Waals surface area contributed by atoms with Gasteiger partial charge in [-0.1, -0.05) is 0 Å². The van der Waals surface area contributed by atoms with Crippen molar-refractivity contribution < 1.29 is 14.7 Å². The van der Waals surface area contributed by atoms with Crippen LogP contribution in [0.15, 0.2) is 0 Å². The Morgan fingerprint density at radius 2 is 1.88 bits per heavy atom. The number of urea groups is 1. The Morgan fingerprint density at radius 1 is 1.19 bits per heavy atom. The van der Waals surface area contributed by atoms with Crippen molar-refractivity contribution in [1.29, 1.82) is 0 Å². The first-order valence-electron chi connectivity index (χ1n) is 5.14. The van der Waals surface area contributed by atoms with Gasteiger partial charge in [-0.05, 0) is 0 Å². The summed E-state index contributed by atoms with van der Waals surface area (Å²) in [4.78, 5) is 26.3. The molecule has 0 aromatic heterocycles. The van der Waals surface area contributed by atoms with Crippen LogP contribution in [0.3, 0.4) is 0 Å². The number of aliphatic carboxylic acids is 1. The molecule has 0 aliphatic carbocycles. The Labute approximate surface area is 103 Å². The molecule has 2 amide bonds. The summed E-state index contributed by atoms with van der Waals surface area (Å²) in [6.07, 6.45) is 0. The van der Waals surface area contributed by atoms with Gasteiger partial charge in [-0.15, -0.1) is 11.8 Å². The fourth-order valence-corrected chi connectivity index (χ4v) is 3.81. The number of nitrogens with zero attached hydrogens (tertiary/aromatic N) is 2. The van der Waals surface area contributed by atoms with Gasteiger partial charge in [0.05, 0.1) is 5.88 Å². The molecule has 0 radical (unpaired) electrons. The van der Waals surface area contributed by atoms with Crippen molar-refractivity contribution >= 4 is 35.5 Å². The Balaban J connectivity index is 1.99. The predicted octanol–water partition coefficient (Wildman–Crippen LogP) is 0.615. The lowest BCUT2D eigenvalue weighted by Gasteiger charge is -2.32. The van der Waals surface area contributed by atoms with E-state index < -0.39 is 12.0 Å². The highest BCUT2D eigenvalue weighted by Crippen LogP contribution is 2.23. The number of carbonyl (C=O) groups is 2. The normalized spacial score (nSPS) is 25.9. The van der Waals surface area contributed by atoms with Crippen LogP contribution in [0.2, 0.25) is 0 Å². The van der Waals surface area contributed by atoms with Gasteiger partial charge in [-0.2, -0.15) is 11.8 Å². The van der Waals surface area contributed by atoms with Crippen molar-refractivity contribution in [2.24, 2.45) is 0 Å². The highest BCUT2D eigenvalue weighted by molar-refractivity contribution is 7.99. The fraction of sp³-hybridized carbons (Fsp3) is 0.778. The summed E-state index contributed by atoms with van der Waals surface area (Å²) in [5, 5.41) is 9.00. The maximum absolute atomic E-state index is 12.1. The molecule has 2 fully saturated rings. The molecular formula is C9H14N2O3S2. The van der Waals surface area contributed by atoms with Crippen molar-refractivity contribution in [3.8, 4) is 0 Å². The third-order valence-corrected chi connectivity index (χ3v) is 4.65. The molecule has 2 rings (SSSR count). The molecule has 0 bridgehead atoms. The lowest BCUT2D eigenvalue weighted by atomic mass is 10.3. The van der Waals surface area contributed by atoms with Crippen LogP contribution in [0, 0.1) is 0 Å². The van der Waals surface area contributed by atoms with Crippen LogP contribution in [0.5, 0.6) is 0 Å². The maximum atomic E-state index is 12.1. The van der Waals surface area contributed by atoms with E-state index in [1.54, 1.807) is 4.90 Å². The molecule has 2 aliphatic rings. The van der Waals surface area contributed by atoms with Gasteiger partial charge < -0.3 is 14.9 Å². The third kappa shape index (κ3) is 2.40. The molecule has 2 aliphatic heterocycles. The van der Waals surface area contributed by atoms with E-state index in [9.17, 15) is 9.59 Å². The molecular weight excluding hydrogens is 248 g/mol. The van der Waals surface area contributed by atoms with E-state index in [1.165, 1.54) is 16.7 Å². The monoisotopic (exact) mass is 262 g/mol. The van der Waals surface area contributed by atoms with Crippen molar-refractivity contribution in [2.75, 3.05) is 36.2 Å². The maximum Gasteiger partial charge on any atom is 0.327 e. The summed E-state index contributed by atoms with van der Waals surface area (Å²) in [5.41, 5.74) is 0. The standard InChI is InChI=1S/C9H14N2O3S2/c12-8(13)7-5-16-6-11(7)9(14)10-1-3-15-4-2-10/h7H,1-6H2,(H,12,13)/t7-/m0/s1. The summed E-state index contributed by atoms with van der Waals surface area (Å²) in [7, 11) is 0. The van der Waals surface area contributed by atoms with Crippen molar-refractivity contribution in [3.05, 3.63) is 0 Å². The average molecular weight is 262 g/mol. The number of rotatable bonds is 1. The first-order valence-corrected chi connectivity index (χ1v) is 7.45. The van der Waals surface area contributed by atoms with Gasteiger partial charge in [0.25, 0.3) is 0 Å². The minimum absolute atomic E-state index is 0.113. The Bertz CT molecular complexity index is 294. The number of carboxylic acid groups (broad SMARTS) is 1. The molecule has 0 aromatic carbocycles. The number of carbonyl (C=O) groups excluding carboxylic acids is 1. The lowest BCUT2D eigenvalue weighted by molar-refractivity contribution is -0.140. The van der Waals surface area contributed by atoms with Crippen LogP contribution in [0.25, 0.3) is 0 Å². The molecule has 0 saturated carbocycles. The number of carboxylic acids is 1. The van der Waals surface area contributed by atoms with E-state index in [1.807, 2.05) is 11.8 Å². The topological polar surface area (TPSA) is 60.9 Å². The third-order valence-electron chi connectivity index (χ3n) is 2.69. The van der Waals surface area contributed by atoms with Gasteiger partial charge in [-0.25, -0.2) is 9.59 Å². The summed E-state index contributed by atoms with van der Waals surface area (Å²) in [5.74, 6) is 2.00. The van der Waals surface area contributed by atoms with Crippen LogP contribution in [0.1, 0.15) is 0 Å². The summed E-state index contributed by atoms with van der Waals surface area (Å²) in [6, 6.07) is -0.759. The second-order valence-electron chi connectivity index (χ2n) is 3.71. The number of hydrogen-bond donors (Lipinski definition) is 1. The lowest BCUT2D eigenvalue weighted by Crippen LogP contribution is -2.50. The van der Waals surface area contributed by atoms with Crippen LogP contribution < -0.4 is 0 Å². The molecule has 0 aromatic rings. The predicted molar refractivity (Wildman–Crippen MR) is 64.9 cm³/mol. The first kappa shape index (κ1) is 11.9. The second kappa shape index (κ2) is 5.18. The van der Waals surface area contributed by atoms with Gasteiger partial charge in [0.15, 0.2) is 0 Å². The molecule has 5 nitrogen and oxygen atoms in total. The molecule has 0 unspecified atom stereocenters. The molecule has 0 spiro atoms. The number of amides is 2. The van der Waals surface area contributed by atoms with Crippen molar-refractivity contribution in [3.63, 3.8) is 0 Å². The summed E-state index contributed by atoms with van der Waals surface area (Å²) < 4.78 is 0. The summed E-state index contributed by atoms with van der Waals surface area (Å²) >= 11 is 3.34. The Morgan fingerprint density at radius 3 is 2.50 bits per heavy atom. The zero-order chi connectivity index (χ0) is 11.5. The largest absolute Gasteiger partial charge is 0.480 e. The van der Waals surface area contributed by atoms with Crippen LogP contribution in [-0.2, 0) is 4.79 Å². The average Bonchev–Trinajstić information content (AvgIpc) is 2.78. The first-order chi connectivity index (χ1) is 7.70. The zero-order valence-electron chi connectivity index (χ0n) is 8.79. The highest BCUT2D eigenvalue weighted by atomic mass is 32.2. The Kier molecular flexibility index (Phi) is 3.86. The molecule has 1 N–H and O–H groups in total. The quantitative estimate of drug-likeness (QED) is 0.750. The van der Waals surface area contributed by atoms with E-state index in [0.29, 0.717) is 11.6 Å². The van der Waals surface area contributed by atoms with E-state index in [0.717, 1.165) is 24.6 Å². The molecule has 2 saturated heterocycles. The number of thioether (sulfide) groups is 2. The molecule has 16 heavy (non-hydrogen) atoms. The number of hydrogen-bond acceptors (Lipinski definition) is 4. The van der Waals surface area contributed by atoms with Crippen LogP contribution >= 0.6 is 23.5 Å².